The number of hydrogen-bond acceptors (Lipinski definition) is 23. The summed E-state index contributed by atoms with van der Waals surface area (Å²) < 4.78 is 138. The molecule has 30 nitrogen and oxygen atoms in total. The number of Topliss-reactive ketones (excluding diaryl/α,β-unsaturated/α-hetero) is 2. The van der Waals surface area contributed by atoms with Crippen LogP contribution in [-0.2, 0) is 102 Å². The quantitative estimate of drug-likeness (QED) is 0.0165. The fourth-order valence-electron chi connectivity index (χ4n) is 11.2. The molecule has 2 heterocycles. The van der Waals surface area contributed by atoms with Gasteiger partial charge in [0.1, 0.15) is 42.5 Å². The minimum Gasteiger partial charge on any atom is -0.748 e. The van der Waals surface area contributed by atoms with Crippen molar-refractivity contribution in [2.75, 3.05) is 56.0 Å². The Bertz CT molecular complexity index is 3970. The van der Waals surface area contributed by atoms with Gasteiger partial charge < -0.3 is 49.6 Å². The van der Waals surface area contributed by atoms with Crippen LogP contribution in [0.3, 0.4) is 0 Å². The Hall–Kier alpha value is -8.73. The second-order valence-corrected chi connectivity index (χ2v) is 27.7. The highest BCUT2D eigenvalue weighted by Gasteiger charge is 2.44. The third-order valence-corrected chi connectivity index (χ3v) is 17.4. The Morgan fingerprint density at radius 3 is 1.91 bits per heavy atom. The summed E-state index contributed by atoms with van der Waals surface area (Å²) in [5.74, 6) is -4.92. The average Bonchev–Trinajstić information content (AvgIpc) is 1.61. The van der Waals surface area contributed by atoms with Crippen molar-refractivity contribution in [2.24, 2.45) is 5.92 Å². The fourth-order valence-corrected chi connectivity index (χ4v) is 12.3. The third kappa shape index (κ3) is 30.5. The number of aliphatic carboxylic acids is 3. The van der Waals surface area contributed by atoms with Gasteiger partial charge in [-0.1, -0.05) is 68.5 Å². The number of allylic oxidation sites excluding steroid dienone is 7. The molecular formula is C65H82N4O26S4. The molecule has 0 unspecified atom stereocenters. The molecule has 0 bridgehead atoms. The van der Waals surface area contributed by atoms with E-state index >= 15 is 0 Å². The van der Waals surface area contributed by atoms with Crippen LogP contribution in [-0.4, -0.2) is 176 Å². The Balaban J connectivity index is 0.00000216. The SMILES string of the molecule is CC1(C)C(=CC=C2CCCC(C=CC3=[N+](CCCCS(=O)(=O)O)c4ccccc4C3(C)C)=C2Oc2ccc(C[C@@H](CC(=O)CCOCOCCC(=O)CC[C@H](NC(=O)NCCCC(=O)O)C(=O)O)C(=O)O)cc2)N(CCCCS(=O)(=O)[O-])c2ccccc21.O=C=O.O=S(=O)=O.O=S(=O)=O. The lowest BCUT2D eigenvalue weighted by Crippen LogP contribution is -2.46. The molecule has 2 aliphatic heterocycles. The standard InChI is InChI=1S/C64H82N4O18S2.CO2.2O3S/c1-63(2)51-17-5-7-19-54(51)67(35-9-11-39-87(78,79)80)56(63)30-24-45-15-13-16-46(25-31-57-64(3,4)52-18-6-8-20-55(52)68(57)36-10-12-40-88(81,82)83)59(45)86-50-27-22-44(23-28-50)41-47(60(73)74)42-49(70)33-38-85-43-84-37-32-48(69)26-29-53(61(75)76)66-62(77)65-34-14-21-58(71)72;2-1-3;2*1-4(2)3/h5-8,17-20,22-25,27-28,30-31,47,53H,9-16,21,26,29,32-43H2,1-4H3,(H6-,65,66,71,72,73,74,75,76,77,78,79,80,81,82,83);;;/t47-,53-;;;/m0.../s1. The van der Waals surface area contributed by atoms with Crippen LogP contribution in [0.2, 0.25) is 0 Å². The Morgan fingerprint density at radius 1 is 0.717 bits per heavy atom. The lowest BCUT2D eigenvalue weighted by molar-refractivity contribution is -0.438. The van der Waals surface area contributed by atoms with Crippen molar-refractivity contribution in [3.8, 4) is 5.75 Å². The van der Waals surface area contributed by atoms with Crippen LogP contribution < -0.4 is 20.3 Å². The topological polar surface area (TPSA) is 469 Å². The second kappa shape index (κ2) is 41.6. The molecule has 3 aromatic carbocycles. The van der Waals surface area contributed by atoms with E-state index in [1.807, 2.05) is 36.4 Å². The summed E-state index contributed by atoms with van der Waals surface area (Å²) in [6, 6.07) is 21.1. The number of carboxylic acids is 3. The first-order chi connectivity index (χ1) is 46.5. The highest BCUT2D eigenvalue weighted by molar-refractivity contribution is 7.85. The maximum Gasteiger partial charge on any atom is 0.425 e. The molecule has 2 atom stereocenters. The van der Waals surface area contributed by atoms with Gasteiger partial charge in [0.2, 0.25) is 5.69 Å². The number of ketones is 2. The van der Waals surface area contributed by atoms with Crippen LogP contribution in [0.5, 0.6) is 5.75 Å². The molecule has 0 radical (unpaired) electrons. The Labute approximate surface area is 576 Å². The maximum atomic E-state index is 13.0. The van der Waals surface area contributed by atoms with Gasteiger partial charge >= 0.3 is 51.3 Å². The van der Waals surface area contributed by atoms with Gasteiger partial charge in [0.15, 0.2) is 5.71 Å². The van der Waals surface area contributed by atoms with Gasteiger partial charge in [-0.3, -0.25) is 23.7 Å². The highest BCUT2D eigenvalue weighted by Crippen LogP contribution is 2.48. The molecule has 99 heavy (non-hydrogen) atoms. The summed E-state index contributed by atoms with van der Waals surface area (Å²) in [6.45, 7) is 9.20. The predicted molar refractivity (Wildman–Crippen MR) is 353 cm³/mol. The summed E-state index contributed by atoms with van der Waals surface area (Å²) in [5, 5.41) is 33.0. The van der Waals surface area contributed by atoms with E-state index < -0.39 is 93.9 Å². The van der Waals surface area contributed by atoms with E-state index in [0.29, 0.717) is 55.8 Å². The predicted octanol–water partition coefficient (Wildman–Crippen LogP) is 6.09. The molecule has 0 saturated carbocycles. The van der Waals surface area contributed by atoms with Gasteiger partial charge in [-0.15, -0.1) is 25.3 Å². The van der Waals surface area contributed by atoms with E-state index in [1.165, 1.54) is 0 Å². The van der Waals surface area contributed by atoms with Crippen molar-refractivity contribution in [3.05, 3.63) is 136 Å². The first-order valence-corrected chi connectivity index (χ1v) is 36.2. The molecule has 2 amide bonds. The molecule has 542 valence electrons. The summed E-state index contributed by atoms with van der Waals surface area (Å²) in [6.07, 6.45) is 11.4. The van der Waals surface area contributed by atoms with E-state index in [9.17, 15) is 64.9 Å². The number of carbonyl (C=O) groups excluding carboxylic acids is 5. The normalized spacial score (nSPS) is 15.7. The zero-order valence-electron chi connectivity index (χ0n) is 55.0. The smallest absolute Gasteiger partial charge is 0.425 e. The number of nitrogens with zero attached hydrogens (tertiary/aromatic N) is 2. The van der Waals surface area contributed by atoms with Gasteiger partial charge in [0, 0.05) is 91.9 Å². The zero-order chi connectivity index (χ0) is 74.1. The van der Waals surface area contributed by atoms with Gasteiger partial charge in [-0.25, -0.2) is 18.0 Å². The molecule has 3 aromatic rings. The molecule has 6 N–H and O–H groups in total. The number of ether oxygens (including phenoxy) is 3. The third-order valence-electron chi connectivity index (χ3n) is 15.9. The number of carboxylic acid groups (broad SMARTS) is 3. The number of unbranched alkanes of at least 4 members (excludes halogenated alkanes) is 2. The first kappa shape index (κ1) is 84.5. The van der Waals surface area contributed by atoms with Crippen molar-refractivity contribution in [3.63, 3.8) is 0 Å². The van der Waals surface area contributed by atoms with Gasteiger partial charge in [-0.05, 0) is 124 Å². The summed E-state index contributed by atoms with van der Waals surface area (Å²) >= 11 is 0. The molecule has 0 fully saturated rings. The summed E-state index contributed by atoms with van der Waals surface area (Å²) in [5.41, 5.74) is 7.78. The van der Waals surface area contributed by atoms with Crippen LogP contribution in [0, 0.1) is 5.92 Å². The fraction of sp³-hybridized carbons (Fsp3) is 0.477. The van der Waals surface area contributed by atoms with Crippen molar-refractivity contribution < 1.29 is 124 Å². The van der Waals surface area contributed by atoms with E-state index in [2.05, 4.69) is 84.2 Å². The van der Waals surface area contributed by atoms with Gasteiger partial charge in [0.25, 0.3) is 10.1 Å². The number of carbonyl (C=O) groups is 6. The minimum absolute atomic E-state index is 0.0261. The number of hydrogen-bond donors (Lipinski definition) is 6. The summed E-state index contributed by atoms with van der Waals surface area (Å²) in [4.78, 5) is 90.7. The first-order valence-electron chi connectivity index (χ1n) is 31.1. The van der Waals surface area contributed by atoms with E-state index in [1.54, 1.807) is 24.3 Å². The monoisotopic (exact) mass is 1460 g/mol. The van der Waals surface area contributed by atoms with E-state index in [0.717, 1.165) is 51.5 Å². The number of rotatable bonds is 37. The second-order valence-electron chi connectivity index (χ2n) is 23.7. The zero-order valence-corrected chi connectivity index (χ0v) is 58.2. The number of nitrogens with one attached hydrogen (secondary N) is 2. The van der Waals surface area contributed by atoms with Crippen molar-refractivity contribution in [1.29, 1.82) is 0 Å². The molecular weight excluding hydrogens is 1380 g/mol. The minimum atomic E-state index is -4.38. The van der Waals surface area contributed by atoms with Gasteiger partial charge in [-0.2, -0.15) is 22.6 Å². The number of urea groups is 1. The Kier molecular flexibility index (Phi) is 35.5. The van der Waals surface area contributed by atoms with Crippen molar-refractivity contribution >= 4 is 100 Å². The van der Waals surface area contributed by atoms with Crippen LogP contribution in [0.4, 0.5) is 16.2 Å². The van der Waals surface area contributed by atoms with Crippen LogP contribution in [0.25, 0.3) is 0 Å². The Morgan fingerprint density at radius 2 is 1.31 bits per heavy atom. The molecule has 3 aliphatic rings. The number of fused-ring (bicyclic) bond motifs is 2. The van der Waals surface area contributed by atoms with Crippen LogP contribution >= 0.6 is 0 Å². The van der Waals surface area contributed by atoms with Crippen LogP contribution in [0.1, 0.15) is 134 Å². The number of benzene rings is 3. The van der Waals surface area contributed by atoms with E-state index in [-0.39, 0.29) is 114 Å². The van der Waals surface area contributed by atoms with Crippen molar-refractivity contribution in [1.82, 2.24) is 10.6 Å². The molecule has 1 aliphatic carbocycles. The number of amides is 2. The molecule has 0 saturated heterocycles. The van der Waals surface area contributed by atoms with Crippen molar-refractivity contribution in [2.45, 2.75) is 141 Å². The number of para-hydroxylation sites is 2. The lowest BCUT2D eigenvalue weighted by atomic mass is 9.81. The summed E-state index contributed by atoms with van der Waals surface area (Å²) in [7, 11) is -14.7. The largest absolute Gasteiger partial charge is 0.748 e. The maximum absolute atomic E-state index is 13.0. The lowest BCUT2D eigenvalue weighted by Gasteiger charge is -2.28. The average molecular weight is 1460 g/mol. The molecule has 34 heteroatoms. The molecule has 0 aromatic heterocycles. The van der Waals surface area contributed by atoms with Gasteiger partial charge in [0.05, 0.1) is 40.4 Å². The molecule has 0 spiro atoms. The highest BCUT2D eigenvalue weighted by atomic mass is 32.2. The van der Waals surface area contributed by atoms with E-state index in [4.69, 9.17) is 54.2 Å². The molecule has 6 rings (SSSR count). The van der Waals surface area contributed by atoms with Crippen LogP contribution in [0.15, 0.2) is 120 Å². The number of anilines is 1.